The van der Waals surface area contributed by atoms with Crippen molar-refractivity contribution in [1.82, 2.24) is 30.0 Å². The SMILES string of the molecule is C=CC(=O)OC(C)c1cc(Cc2cc(C(C)OC(=O)C=C)cc(-n3nc4ccccc4n3)c2O)c(O)c(-n2nc3ccccc3n2)c1. The van der Waals surface area contributed by atoms with Crippen LogP contribution >= 0.6 is 0 Å². The average Bonchev–Trinajstić information content (AvgIpc) is 3.70. The third-order valence-corrected chi connectivity index (χ3v) is 7.63. The van der Waals surface area contributed by atoms with E-state index < -0.39 is 24.1 Å². The quantitative estimate of drug-likeness (QED) is 0.141. The molecule has 12 heteroatoms. The second-order valence-corrected chi connectivity index (χ2v) is 10.8. The number of esters is 2. The number of hydrogen-bond donors (Lipinski definition) is 2. The van der Waals surface area contributed by atoms with Gasteiger partial charge in [0.05, 0.1) is 0 Å². The lowest BCUT2D eigenvalue weighted by molar-refractivity contribution is -0.143. The van der Waals surface area contributed by atoms with Gasteiger partial charge < -0.3 is 19.7 Å². The monoisotopic (exact) mass is 630 g/mol. The zero-order chi connectivity index (χ0) is 33.2. The minimum absolute atomic E-state index is 0.00876. The minimum Gasteiger partial charge on any atom is -0.505 e. The van der Waals surface area contributed by atoms with Gasteiger partial charge in [0.2, 0.25) is 0 Å². The van der Waals surface area contributed by atoms with Gasteiger partial charge >= 0.3 is 11.9 Å². The maximum absolute atomic E-state index is 12.1. The van der Waals surface area contributed by atoms with Gasteiger partial charge in [0.15, 0.2) is 0 Å². The smallest absolute Gasteiger partial charge is 0.330 e. The highest BCUT2D eigenvalue weighted by Crippen LogP contribution is 2.37. The van der Waals surface area contributed by atoms with Gasteiger partial charge in [-0.15, -0.1) is 30.0 Å². The van der Waals surface area contributed by atoms with Crippen molar-refractivity contribution in [3.63, 3.8) is 0 Å². The Morgan fingerprint density at radius 2 is 1.02 bits per heavy atom. The average molecular weight is 631 g/mol. The summed E-state index contributed by atoms with van der Waals surface area (Å²) in [4.78, 5) is 26.8. The van der Waals surface area contributed by atoms with Crippen LogP contribution in [0.2, 0.25) is 0 Å². The number of ether oxygens (including phenoxy) is 2. The molecule has 0 aliphatic rings. The molecule has 0 amide bonds. The molecule has 0 aliphatic carbocycles. The predicted octanol–water partition coefficient (Wildman–Crippen LogP) is 5.74. The van der Waals surface area contributed by atoms with Crippen LogP contribution in [0.4, 0.5) is 0 Å². The van der Waals surface area contributed by atoms with Gasteiger partial charge in [0, 0.05) is 29.7 Å². The van der Waals surface area contributed by atoms with Gasteiger partial charge in [0.25, 0.3) is 0 Å². The number of hydrogen-bond acceptors (Lipinski definition) is 10. The second kappa shape index (κ2) is 12.6. The third-order valence-electron chi connectivity index (χ3n) is 7.63. The van der Waals surface area contributed by atoms with Crippen LogP contribution in [0.3, 0.4) is 0 Å². The maximum Gasteiger partial charge on any atom is 0.330 e. The maximum atomic E-state index is 12.1. The van der Waals surface area contributed by atoms with Crippen molar-refractivity contribution in [2.45, 2.75) is 32.5 Å². The van der Waals surface area contributed by atoms with Gasteiger partial charge in [0.1, 0.15) is 57.1 Å². The summed E-state index contributed by atoms with van der Waals surface area (Å²) in [5.41, 5.74) is 4.73. The Balaban J connectivity index is 1.51. The summed E-state index contributed by atoms with van der Waals surface area (Å²) in [5.74, 6) is -1.55. The van der Waals surface area contributed by atoms with Crippen molar-refractivity contribution in [2.75, 3.05) is 0 Å². The first-order valence-electron chi connectivity index (χ1n) is 14.7. The lowest BCUT2D eigenvalue weighted by atomic mass is 9.95. The number of phenolic OH excluding ortho intramolecular Hbond substituents is 2. The Morgan fingerprint density at radius 3 is 1.34 bits per heavy atom. The zero-order valence-corrected chi connectivity index (χ0v) is 25.6. The van der Waals surface area contributed by atoms with Crippen LogP contribution in [0.15, 0.2) is 98.1 Å². The van der Waals surface area contributed by atoms with E-state index >= 15 is 0 Å². The first-order valence-corrected chi connectivity index (χ1v) is 14.7. The molecule has 0 bridgehead atoms. The van der Waals surface area contributed by atoms with Crippen LogP contribution in [0.25, 0.3) is 33.4 Å². The lowest BCUT2D eigenvalue weighted by Gasteiger charge is -2.19. The number of carbonyl (C=O) groups is 2. The van der Waals surface area contributed by atoms with Gasteiger partial charge in [-0.1, -0.05) is 37.4 Å². The first kappa shape index (κ1) is 30.7. The zero-order valence-electron chi connectivity index (χ0n) is 25.6. The summed E-state index contributed by atoms with van der Waals surface area (Å²) >= 11 is 0. The number of fused-ring (bicyclic) bond motifs is 2. The predicted molar refractivity (Wildman–Crippen MR) is 173 cm³/mol. The van der Waals surface area contributed by atoms with Gasteiger partial charge in [-0.25, -0.2) is 9.59 Å². The summed E-state index contributed by atoms with van der Waals surface area (Å²) in [6, 6.07) is 21.1. The molecule has 0 fully saturated rings. The normalized spacial score (nSPS) is 12.5. The van der Waals surface area contributed by atoms with Crippen molar-refractivity contribution in [3.8, 4) is 22.9 Å². The number of carbonyl (C=O) groups excluding carboxylic acids is 2. The van der Waals surface area contributed by atoms with Crippen LogP contribution in [-0.4, -0.2) is 52.1 Å². The second-order valence-electron chi connectivity index (χ2n) is 10.8. The molecule has 12 nitrogen and oxygen atoms in total. The number of aromatic hydroxyl groups is 2. The molecule has 236 valence electrons. The molecule has 0 radical (unpaired) electrons. The lowest BCUT2D eigenvalue weighted by Crippen LogP contribution is -2.10. The summed E-state index contributed by atoms with van der Waals surface area (Å²) in [7, 11) is 0. The standard InChI is InChI=1S/C35H30N6O6/c1-5-32(42)46-20(3)22-15-24(34(44)30(18-22)40-36-26-11-7-8-12-27(26)37-40)17-25-16-23(21(4)47-33(43)6-2)19-31(35(25)45)41-38-28-13-9-10-14-29(28)39-41/h5-16,18-21,44-45H,1-2,17H2,3-4H3. The number of nitrogens with zero attached hydrogens (tertiary/aromatic N) is 6. The highest BCUT2D eigenvalue weighted by molar-refractivity contribution is 5.82. The van der Waals surface area contributed by atoms with E-state index in [1.165, 1.54) is 9.59 Å². The van der Waals surface area contributed by atoms with E-state index in [4.69, 9.17) is 9.47 Å². The number of benzene rings is 4. The Hall–Kier alpha value is -6.30. The molecular formula is C35H30N6O6. The molecule has 0 aliphatic heterocycles. The van der Waals surface area contributed by atoms with Gasteiger partial charge in [-0.05, 0) is 73.5 Å². The molecule has 47 heavy (non-hydrogen) atoms. The van der Waals surface area contributed by atoms with E-state index in [9.17, 15) is 19.8 Å². The molecule has 0 spiro atoms. The number of rotatable bonds is 10. The topological polar surface area (TPSA) is 154 Å². The molecule has 0 saturated carbocycles. The molecule has 2 aromatic heterocycles. The highest BCUT2D eigenvalue weighted by Gasteiger charge is 2.23. The fourth-order valence-corrected chi connectivity index (χ4v) is 5.17. The summed E-state index contributed by atoms with van der Waals surface area (Å²) in [6.07, 6.45) is 0.652. The fraction of sp³-hybridized carbons (Fsp3) is 0.143. The Bertz CT molecular complexity index is 1970. The molecule has 0 saturated heterocycles. The largest absolute Gasteiger partial charge is 0.505 e. The third kappa shape index (κ3) is 6.16. The molecular weight excluding hydrogens is 600 g/mol. The molecule has 4 aromatic carbocycles. The molecule has 2 atom stereocenters. The van der Waals surface area contributed by atoms with Crippen molar-refractivity contribution in [3.05, 3.63) is 120 Å². The van der Waals surface area contributed by atoms with E-state index in [2.05, 4.69) is 33.6 Å². The Kier molecular flexibility index (Phi) is 8.23. The van der Waals surface area contributed by atoms with Crippen LogP contribution in [0.1, 0.15) is 48.3 Å². The molecule has 2 N–H and O–H groups in total. The number of aromatic nitrogens is 6. The van der Waals surface area contributed by atoms with Gasteiger partial charge in [-0.3, -0.25) is 0 Å². The molecule has 6 rings (SSSR count). The van der Waals surface area contributed by atoms with Crippen LogP contribution in [0, 0.1) is 0 Å². The van der Waals surface area contributed by atoms with Gasteiger partial charge in [-0.2, -0.15) is 0 Å². The summed E-state index contributed by atoms with van der Waals surface area (Å²) in [5, 5.41) is 41.4. The molecule has 2 unspecified atom stereocenters. The highest BCUT2D eigenvalue weighted by atomic mass is 16.5. The van der Waals surface area contributed by atoms with E-state index in [0.717, 1.165) is 12.2 Å². The summed E-state index contributed by atoms with van der Waals surface area (Å²) in [6.45, 7) is 10.3. The van der Waals surface area contributed by atoms with E-state index in [0.29, 0.717) is 44.3 Å². The van der Waals surface area contributed by atoms with E-state index in [-0.39, 0.29) is 29.3 Å². The van der Waals surface area contributed by atoms with Crippen molar-refractivity contribution in [2.24, 2.45) is 0 Å². The van der Waals surface area contributed by atoms with Crippen molar-refractivity contribution in [1.29, 1.82) is 0 Å². The van der Waals surface area contributed by atoms with Crippen LogP contribution < -0.4 is 0 Å². The summed E-state index contributed by atoms with van der Waals surface area (Å²) < 4.78 is 11.0. The van der Waals surface area contributed by atoms with Crippen molar-refractivity contribution < 1.29 is 29.3 Å². The van der Waals surface area contributed by atoms with E-state index in [1.54, 1.807) is 62.4 Å². The number of phenols is 2. The fourth-order valence-electron chi connectivity index (χ4n) is 5.17. The minimum atomic E-state index is -0.738. The van der Waals surface area contributed by atoms with E-state index in [1.807, 2.05) is 24.3 Å². The Morgan fingerprint density at radius 1 is 0.681 bits per heavy atom. The Labute approximate surface area is 268 Å². The van der Waals surface area contributed by atoms with Crippen molar-refractivity contribution >= 4 is 34.0 Å². The first-order chi connectivity index (χ1) is 22.6. The van der Waals surface area contributed by atoms with Crippen LogP contribution in [-0.2, 0) is 25.5 Å². The molecule has 2 heterocycles. The van der Waals surface area contributed by atoms with Crippen LogP contribution in [0.5, 0.6) is 11.5 Å². The molecule has 6 aromatic rings.